The molecule has 1 atom stereocenters. The van der Waals surface area contributed by atoms with Crippen molar-refractivity contribution in [3.05, 3.63) is 46.0 Å². The first-order chi connectivity index (χ1) is 12.2. The van der Waals surface area contributed by atoms with E-state index >= 15 is 0 Å². The number of amides is 1. The number of carbonyl (C=O) groups is 1. The second-order valence-electron chi connectivity index (χ2n) is 5.37. The lowest BCUT2D eigenvalue weighted by atomic mass is 10.2. The molecule has 0 saturated heterocycles. The summed E-state index contributed by atoms with van der Waals surface area (Å²) in [5.41, 5.74) is 1.15. The van der Waals surface area contributed by atoms with Gasteiger partial charge < -0.3 is 9.84 Å². The van der Waals surface area contributed by atoms with Gasteiger partial charge in [0.05, 0.1) is 0 Å². The van der Waals surface area contributed by atoms with Crippen molar-refractivity contribution >= 4 is 17.2 Å². The molecule has 0 aliphatic heterocycles. The van der Waals surface area contributed by atoms with E-state index < -0.39 is 23.1 Å². The largest absolute Gasteiger partial charge is 0.443 e. The third-order valence-electron chi connectivity index (χ3n) is 3.29. The standard InChI is InChI=1S/C15H12F3N5O2S/c1-7-5-9(3-4-19-7)11-22-13(25-23-11)8(2)20-12(24)10-6-26-14(21-10)15(16,17)18/h3-6,8H,1-2H3,(H,20,24)/t8-/m0/s1. The predicted molar refractivity (Wildman–Crippen MR) is 85.3 cm³/mol. The summed E-state index contributed by atoms with van der Waals surface area (Å²) in [5, 5.41) is 6.29. The van der Waals surface area contributed by atoms with E-state index in [0.717, 1.165) is 11.1 Å². The molecule has 0 radical (unpaired) electrons. The van der Waals surface area contributed by atoms with Crippen molar-refractivity contribution in [2.24, 2.45) is 0 Å². The zero-order valence-corrected chi connectivity index (χ0v) is 14.4. The van der Waals surface area contributed by atoms with Gasteiger partial charge in [-0.3, -0.25) is 9.78 Å². The Bertz CT molecular complexity index is 937. The Balaban J connectivity index is 1.71. The summed E-state index contributed by atoms with van der Waals surface area (Å²) in [6.07, 6.45) is -2.98. The van der Waals surface area contributed by atoms with Gasteiger partial charge in [-0.2, -0.15) is 18.2 Å². The van der Waals surface area contributed by atoms with E-state index in [1.54, 1.807) is 25.3 Å². The number of thiazole rings is 1. The molecule has 0 spiro atoms. The fraction of sp³-hybridized carbons (Fsp3) is 0.267. The van der Waals surface area contributed by atoms with Crippen LogP contribution in [0.5, 0.6) is 0 Å². The van der Waals surface area contributed by atoms with Gasteiger partial charge in [-0.05, 0) is 26.0 Å². The molecule has 1 amide bonds. The number of rotatable bonds is 4. The summed E-state index contributed by atoms with van der Waals surface area (Å²) in [4.78, 5) is 23.6. The number of alkyl halides is 3. The lowest BCUT2D eigenvalue weighted by Crippen LogP contribution is -2.27. The van der Waals surface area contributed by atoms with E-state index in [1.807, 2.05) is 6.92 Å². The van der Waals surface area contributed by atoms with E-state index in [0.29, 0.717) is 22.7 Å². The molecule has 0 fully saturated rings. The van der Waals surface area contributed by atoms with Gasteiger partial charge in [0.1, 0.15) is 11.7 Å². The molecule has 0 bridgehead atoms. The SMILES string of the molecule is Cc1cc(-c2noc([C@H](C)NC(=O)c3csc(C(F)(F)F)n3)n2)ccn1. The van der Waals surface area contributed by atoms with Crippen LogP contribution in [0.2, 0.25) is 0 Å². The molecule has 0 unspecified atom stereocenters. The van der Waals surface area contributed by atoms with Crippen molar-refractivity contribution in [3.8, 4) is 11.4 Å². The number of aromatic nitrogens is 4. The van der Waals surface area contributed by atoms with Crippen molar-refractivity contribution < 1.29 is 22.5 Å². The average Bonchev–Trinajstić information content (AvgIpc) is 3.24. The van der Waals surface area contributed by atoms with Crippen LogP contribution in [0, 0.1) is 6.92 Å². The summed E-state index contributed by atoms with van der Waals surface area (Å²) in [6, 6.07) is 2.77. The lowest BCUT2D eigenvalue weighted by Gasteiger charge is -2.07. The second kappa shape index (κ2) is 6.83. The van der Waals surface area contributed by atoms with E-state index in [2.05, 4.69) is 25.4 Å². The lowest BCUT2D eigenvalue weighted by molar-refractivity contribution is -0.137. The number of hydrogen-bond donors (Lipinski definition) is 1. The van der Waals surface area contributed by atoms with Gasteiger partial charge in [0.15, 0.2) is 5.01 Å². The van der Waals surface area contributed by atoms with Crippen LogP contribution in [0.4, 0.5) is 13.2 Å². The maximum Gasteiger partial charge on any atom is 0.443 e. The number of aryl methyl sites for hydroxylation is 1. The normalized spacial score (nSPS) is 12.8. The Morgan fingerprint density at radius 1 is 1.35 bits per heavy atom. The number of hydrogen-bond acceptors (Lipinski definition) is 7. The summed E-state index contributed by atoms with van der Waals surface area (Å²) in [7, 11) is 0. The maximum absolute atomic E-state index is 12.6. The first-order valence-electron chi connectivity index (χ1n) is 7.34. The monoisotopic (exact) mass is 383 g/mol. The fourth-order valence-corrected chi connectivity index (χ4v) is 2.72. The van der Waals surface area contributed by atoms with E-state index in [9.17, 15) is 18.0 Å². The Hall–Kier alpha value is -2.82. The van der Waals surface area contributed by atoms with Crippen LogP contribution in [0.1, 0.15) is 40.0 Å². The van der Waals surface area contributed by atoms with Crippen molar-refractivity contribution in [1.29, 1.82) is 0 Å². The Morgan fingerprint density at radius 2 is 2.12 bits per heavy atom. The molecular formula is C15H12F3N5O2S. The van der Waals surface area contributed by atoms with Crippen LogP contribution < -0.4 is 5.32 Å². The third-order valence-corrected chi connectivity index (χ3v) is 4.18. The van der Waals surface area contributed by atoms with Gasteiger partial charge in [-0.1, -0.05) is 5.16 Å². The number of nitrogens with one attached hydrogen (secondary N) is 1. The molecule has 11 heteroatoms. The average molecular weight is 383 g/mol. The highest BCUT2D eigenvalue weighted by Crippen LogP contribution is 2.31. The topological polar surface area (TPSA) is 93.8 Å². The van der Waals surface area contributed by atoms with Crippen LogP contribution in [0.25, 0.3) is 11.4 Å². The first kappa shape index (κ1) is 18.0. The van der Waals surface area contributed by atoms with E-state index in [1.165, 1.54) is 0 Å². The zero-order chi connectivity index (χ0) is 18.9. The summed E-state index contributed by atoms with van der Waals surface area (Å²) in [6.45, 7) is 3.39. The molecule has 0 aliphatic rings. The molecule has 7 nitrogen and oxygen atoms in total. The fourth-order valence-electron chi connectivity index (χ4n) is 2.05. The summed E-state index contributed by atoms with van der Waals surface area (Å²) < 4.78 is 42.8. The van der Waals surface area contributed by atoms with Crippen molar-refractivity contribution in [1.82, 2.24) is 25.4 Å². The first-order valence-corrected chi connectivity index (χ1v) is 8.22. The Morgan fingerprint density at radius 3 is 2.77 bits per heavy atom. The number of nitrogens with zero attached hydrogens (tertiary/aromatic N) is 4. The van der Waals surface area contributed by atoms with Crippen molar-refractivity contribution in [3.63, 3.8) is 0 Å². The minimum absolute atomic E-state index is 0.120. The van der Waals surface area contributed by atoms with Gasteiger partial charge in [-0.15, -0.1) is 11.3 Å². The maximum atomic E-state index is 12.6. The number of halogens is 3. The van der Waals surface area contributed by atoms with Crippen LogP contribution in [-0.4, -0.2) is 26.0 Å². The molecule has 0 aromatic carbocycles. The van der Waals surface area contributed by atoms with Gasteiger partial charge in [-0.25, -0.2) is 4.98 Å². The van der Waals surface area contributed by atoms with Gasteiger partial charge >= 0.3 is 6.18 Å². The summed E-state index contributed by atoms with van der Waals surface area (Å²) in [5.74, 6) is -0.322. The smallest absolute Gasteiger partial charge is 0.339 e. The van der Waals surface area contributed by atoms with Crippen molar-refractivity contribution in [2.75, 3.05) is 0 Å². The Labute approximate surface area is 149 Å². The van der Waals surface area contributed by atoms with Crippen LogP contribution in [0.15, 0.2) is 28.2 Å². The molecule has 0 saturated carbocycles. The van der Waals surface area contributed by atoms with Gasteiger partial charge in [0.25, 0.3) is 5.91 Å². The zero-order valence-electron chi connectivity index (χ0n) is 13.5. The van der Waals surface area contributed by atoms with Crippen LogP contribution >= 0.6 is 11.3 Å². The molecular weight excluding hydrogens is 371 g/mol. The highest BCUT2D eigenvalue weighted by atomic mass is 32.1. The molecule has 26 heavy (non-hydrogen) atoms. The quantitative estimate of drug-likeness (QED) is 0.742. The molecule has 3 heterocycles. The predicted octanol–water partition coefficient (Wildman–Crippen LogP) is 3.41. The second-order valence-corrected chi connectivity index (χ2v) is 6.23. The molecule has 1 N–H and O–H groups in total. The minimum Gasteiger partial charge on any atom is -0.339 e. The number of pyridine rings is 1. The highest BCUT2D eigenvalue weighted by molar-refractivity contribution is 7.09. The highest BCUT2D eigenvalue weighted by Gasteiger charge is 2.35. The molecule has 3 aromatic rings. The Kier molecular flexibility index (Phi) is 4.72. The van der Waals surface area contributed by atoms with Crippen molar-refractivity contribution in [2.45, 2.75) is 26.1 Å². The van der Waals surface area contributed by atoms with Crippen LogP contribution in [-0.2, 0) is 6.18 Å². The minimum atomic E-state index is -4.58. The van der Waals surface area contributed by atoms with Gasteiger partial charge in [0.2, 0.25) is 11.7 Å². The molecule has 3 rings (SSSR count). The van der Waals surface area contributed by atoms with E-state index in [4.69, 9.17) is 4.52 Å². The third kappa shape index (κ3) is 3.87. The molecule has 3 aromatic heterocycles. The number of carbonyl (C=O) groups excluding carboxylic acids is 1. The van der Waals surface area contributed by atoms with Gasteiger partial charge in [0, 0.05) is 22.8 Å². The van der Waals surface area contributed by atoms with E-state index in [-0.39, 0.29) is 11.6 Å². The molecule has 136 valence electrons. The molecule has 0 aliphatic carbocycles. The van der Waals surface area contributed by atoms with Crippen LogP contribution in [0.3, 0.4) is 0 Å². The summed E-state index contributed by atoms with van der Waals surface area (Å²) >= 11 is 0.356.